The Morgan fingerprint density at radius 3 is 1.89 bits per heavy atom. The summed E-state index contributed by atoms with van der Waals surface area (Å²) in [5, 5.41) is 5.97. The number of anilines is 1. The normalized spacial score (nSPS) is 12.5. The number of aryl methyl sites for hydroxylation is 2. The number of esters is 1. The van der Waals surface area contributed by atoms with E-state index < -0.39 is 5.41 Å². The van der Waals surface area contributed by atoms with E-state index in [0.29, 0.717) is 6.61 Å². The maximum Gasteiger partial charge on any atom is 0.311 e. The molecule has 0 saturated carbocycles. The van der Waals surface area contributed by atoms with Gasteiger partial charge in [0.05, 0.1) is 11.5 Å². The van der Waals surface area contributed by atoms with E-state index in [1.54, 1.807) is 0 Å². The lowest BCUT2D eigenvalue weighted by Crippen LogP contribution is -2.30. The van der Waals surface area contributed by atoms with Crippen LogP contribution in [0, 0.1) is 19.3 Å². The van der Waals surface area contributed by atoms with Crippen molar-refractivity contribution in [2.24, 2.45) is 5.41 Å². The Balaban J connectivity index is 1.69. The van der Waals surface area contributed by atoms with Crippen LogP contribution in [0.5, 0.6) is 0 Å². The summed E-state index contributed by atoms with van der Waals surface area (Å²) < 4.78 is 5.64. The molecule has 1 N–H and O–H groups in total. The van der Waals surface area contributed by atoms with Crippen molar-refractivity contribution in [3.63, 3.8) is 0 Å². The molecule has 0 aliphatic heterocycles. The summed E-state index contributed by atoms with van der Waals surface area (Å²) in [5.41, 5.74) is 6.93. The maximum atomic E-state index is 12.4. The van der Waals surface area contributed by atoms with Crippen molar-refractivity contribution in [3.8, 4) is 0 Å². The van der Waals surface area contributed by atoms with Crippen LogP contribution in [0.25, 0.3) is 10.8 Å². The number of carbonyl (C=O) groups excluding carboxylic acids is 1. The zero-order chi connectivity index (χ0) is 26.6. The zero-order valence-corrected chi connectivity index (χ0v) is 23.0. The number of nitrogens with one attached hydrogen (secondary N) is 1. The highest BCUT2D eigenvalue weighted by Crippen LogP contribution is 2.38. The molecule has 0 aliphatic rings. The minimum atomic E-state index is -0.463. The first-order valence-corrected chi connectivity index (χ1v) is 13.3. The van der Waals surface area contributed by atoms with Crippen LogP contribution in [0.2, 0.25) is 0 Å². The second kappa shape index (κ2) is 11.2. The van der Waals surface area contributed by atoms with Gasteiger partial charge in [-0.05, 0) is 69.2 Å². The summed E-state index contributed by atoms with van der Waals surface area (Å²) in [4.78, 5) is 12.4. The van der Waals surface area contributed by atoms with Gasteiger partial charge in [-0.25, -0.2) is 0 Å². The van der Waals surface area contributed by atoms with Crippen LogP contribution in [0.15, 0.2) is 84.9 Å². The molecule has 0 aliphatic carbocycles. The molecular weight excluding hydrogens is 454 g/mol. The number of ether oxygens (including phenoxy) is 1. The van der Waals surface area contributed by atoms with Crippen LogP contribution in [0.1, 0.15) is 67.9 Å². The van der Waals surface area contributed by atoms with Gasteiger partial charge in [-0.2, -0.15) is 0 Å². The van der Waals surface area contributed by atoms with Gasteiger partial charge in [0.15, 0.2) is 0 Å². The van der Waals surface area contributed by atoms with E-state index in [-0.39, 0.29) is 17.9 Å². The summed E-state index contributed by atoms with van der Waals surface area (Å²) in [6, 6.07) is 30.7. The van der Waals surface area contributed by atoms with Crippen LogP contribution in [-0.4, -0.2) is 18.6 Å². The quantitative estimate of drug-likeness (QED) is 0.188. The highest BCUT2D eigenvalue weighted by Gasteiger charge is 2.27. The standard InChI is InChI=1S/C34H39NO2/c1-7-34(5,6)33(36)37-22-25(4)35-31-21-20-30(28-10-8-9-11-29(28)31)32(26-16-12-23(2)13-17-26)27-18-14-24(3)15-19-27/h8-21,25,32,35H,7,22H2,1-6H3. The second-order valence-electron chi connectivity index (χ2n) is 10.9. The van der Waals surface area contributed by atoms with Crippen LogP contribution in [0.3, 0.4) is 0 Å². The van der Waals surface area contributed by atoms with Gasteiger partial charge in [0.25, 0.3) is 0 Å². The molecule has 0 bridgehead atoms. The third kappa shape index (κ3) is 6.05. The zero-order valence-electron chi connectivity index (χ0n) is 23.0. The lowest BCUT2D eigenvalue weighted by molar-refractivity contribution is -0.154. The van der Waals surface area contributed by atoms with Crippen LogP contribution < -0.4 is 5.32 Å². The summed E-state index contributed by atoms with van der Waals surface area (Å²) in [6.45, 7) is 12.5. The fraction of sp³-hybridized carbons (Fsp3) is 0.324. The Labute approximate surface area is 221 Å². The van der Waals surface area contributed by atoms with Crippen molar-refractivity contribution < 1.29 is 9.53 Å². The predicted molar refractivity (Wildman–Crippen MR) is 155 cm³/mol. The lowest BCUT2D eigenvalue weighted by Gasteiger charge is -2.24. The van der Waals surface area contributed by atoms with Gasteiger partial charge in [-0.1, -0.05) is 96.9 Å². The first-order chi connectivity index (χ1) is 17.7. The summed E-state index contributed by atoms with van der Waals surface area (Å²) in [5.74, 6) is -0.0299. The van der Waals surface area contributed by atoms with E-state index in [0.717, 1.165) is 17.5 Å². The molecule has 1 atom stereocenters. The Kier molecular flexibility index (Phi) is 8.02. The smallest absolute Gasteiger partial charge is 0.311 e. The molecule has 3 heteroatoms. The molecular formula is C34H39NO2. The number of rotatable bonds is 9. The first-order valence-electron chi connectivity index (χ1n) is 13.3. The largest absolute Gasteiger partial charge is 0.463 e. The maximum absolute atomic E-state index is 12.4. The molecule has 3 nitrogen and oxygen atoms in total. The molecule has 0 heterocycles. The molecule has 0 radical (unpaired) electrons. The minimum Gasteiger partial charge on any atom is -0.463 e. The SMILES string of the molecule is CCC(C)(C)C(=O)OCC(C)Nc1ccc(C(c2ccc(C)cc2)c2ccc(C)cc2)c2ccccc12. The lowest BCUT2D eigenvalue weighted by atomic mass is 9.82. The van der Waals surface area contributed by atoms with Crippen molar-refractivity contribution in [3.05, 3.63) is 113 Å². The topological polar surface area (TPSA) is 38.3 Å². The van der Waals surface area contributed by atoms with E-state index in [9.17, 15) is 4.79 Å². The number of hydrogen-bond donors (Lipinski definition) is 1. The molecule has 0 amide bonds. The van der Waals surface area contributed by atoms with Gasteiger partial charge in [0.2, 0.25) is 0 Å². The molecule has 37 heavy (non-hydrogen) atoms. The van der Waals surface area contributed by atoms with Crippen LogP contribution >= 0.6 is 0 Å². The van der Waals surface area contributed by atoms with Gasteiger partial charge in [0.1, 0.15) is 6.61 Å². The van der Waals surface area contributed by atoms with Gasteiger partial charge < -0.3 is 10.1 Å². The Morgan fingerprint density at radius 1 is 0.811 bits per heavy atom. The summed E-state index contributed by atoms with van der Waals surface area (Å²) >= 11 is 0. The van der Waals surface area contributed by atoms with Gasteiger partial charge in [-0.3, -0.25) is 4.79 Å². The van der Waals surface area contributed by atoms with Crippen LogP contribution in [0.4, 0.5) is 5.69 Å². The number of carbonyl (C=O) groups is 1. The minimum absolute atomic E-state index is 0.0177. The fourth-order valence-electron chi connectivity index (χ4n) is 4.62. The predicted octanol–water partition coefficient (Wildman–Crippen LogP) is 8.42. The number of benzene rings is 4. The molecule has 0 spiro atoms. The average molecular weight is 494 g/mol. The molecule has 0 fully saturated rings. The van der Waals surface area contributed by atoms with Gasteiger partial charge in [0, 0.05) is 17.0 Å². The summed E-state index contributed by atoms with van der Waals surface area (Å²) in [7, 11) is 0. The molecule has 0 saturated heterocycles. The Hall–Kier alpha value is -3.59. The third-order valence-electron chi connectivity index (χ3n) is 7.39. The molecule has 4 aromatic carbocycles. The van der Waals surface area contributed by atoms with E-state index in [1.165, 1.54) is 33.2 Å². The first kappa shape index (κ1) is 26.5. The van der Waals surface area contributed by atoms with Crippen molar-refractivity contribution in [2.45, 2.75) is 59.9 Å². The third-order valence-corrected chi connectivity index (χ3v) is 7.39. The Morgan fingerprint density at radius 2 is 1.35 bits per heavy atom. The molecule has 0 aromatic heterocycles. The molecule has 4 rings (SSSR count). The molecule has 1 unspecified atom stereocenters. The van der Waals surface area contributed by atoms with Crippen LogP contribution in [-0.2, 0) is 9.53 Å². The molecule has 192 valence electrons. The summed E-state index contributed by atoms with van der Waals surface area (Å²) in [6.07, 6.45) is 0.753. The van der Waals surface area contributed by atoms with Gasteiger partial charge in [-0.15, -0.1) is 0 Å². The fourth-order valence-corrected chi connectivity index (χ4v) is 4.62. The Bertz CT molecular complexity index is 1310. The monoisotopic (exact) mass is 493 g/mol. The van der Waals surface area contributed by atoms with E-state index in [2.05, 4.69) is 111 Å². The highest BCUT2D eigenvalue weighted by atomic mass is 16.5. The number of hydrogen-bond acceptors (Lipinski definition) is 3. The van der Waals surface area contributed by atoms with E-state index in [4.69, 9.17) is 4.74 Å². The molecule has 4 aromatic rings. The van der Waals surface area contributed by atoms with E-state index in [1.807, 2.05) is 20.8 Å². The van der Waals surface area contributed by atoms with E-state index >= 15 is 0 Å². The number of fused-ring (bicyclic) bond motifs is 1. The highest BCUT2D eigenvalue weighted by molar-refractivity contribution is 5.97. The average Bonchev–Trinajstić information content (AvgIpc) is 2.90. The van der Waals surface area contributed by atoms with Crippen molar-refractivity contribution in [2.75, 3.05) is 11.9 Å². The van der Waals surface area contributed by atoms with Crippen molar-refractivity contribution in [1.82, 2.24) is 0 Å². The van der Waals surface area contributed by atoms with Crippen molar-refractivity contribution >= 4 is 22.4 Å². The van der Waals surface area contributed by atoms with Crippen molar-refractivity contribution in [1.29, 1.82) is 0 Å². The second-order valence-corrected chi connectivity index (χ2v) is 10.9. The van der Waals surface area contributed by atoms with Gasteiger partial charge >= 0.3 is 5.97 Å².